The molecular weight excluding hydrogens is 269 g/mol. The van der Waals surface area contributed by atoms with Gasteiger partial charge in [0.2, 0.25) is 0 Å². The Balaban J connectivity index is 2.11. The van der Waals surface area contributed by atoms with Gasteiger partial charge >= 0.3 is 0 Å². The number of hydrogen-bond acceptors (Lipinski definition) is 2. The quantitative estimate of drug-likeness (QED) is 0.925. The highest BCUT2D eigenvalue weighted by atomic mass is 19.1. The summed E-state index contributed by atoms with van der Waals surface area (Å²) in [6, 6.07) is 7.12. The van der Waals surface area contributed by atoms with E-state index < -0.39 is 23.6 Å². The lowest BCUT2D eigenvalue weighted by molar-refractivity contribution is 0.198. The lowest BCUT2D eigenvalue weighted by atomic mass is 10.1. The number of aliphatic hydroxyl groups excluding tert-OH is 1. The highest BCUT2D eigenvalue weighted by Crippen LogP contribution is 2.23. The Labute approximate surface area is 114 Å². The Kier molecular flexibility index (Phi) is 4.29. The van der Waals surface area contributed by atoms with E-state index in [1.165, 1.54) is 25.1 Å². The summed E-state index contributed by atoms with van der Waals surface area (Å²) in [7, 11) is 0. The molecule has 0 spiro atoms. The highest BCUT2D eigenvalue weighted by Gasteiger charge is 2.10. The van der Waals surface area contributed by atoms with E-state index in [0.29, 0.717) is 5.56 Å². The molecule has 0 aliphatic carbocycles. The van der Waals surface area contributed by atoms with Gasteiger partial charge < -0.3 is 9.84 Å². The molecule has 0 saturated heterocycles. The van der Waals surface area contributed by atoms with Crippen LogP contribution in [0.2, 0.25) is 0 Å². The molecule has 2 aromatic carbocycles. The molecule has 0 aliphatic rings. The van der Waals surface area contributed by atoms with E-state index in [1.54, 1.807) is 0 Å². The fourth-order valence-corrected chi connectivity index (χ4v) is 1.69. The molecule has 1 atom stereocenters. The first-order valence-corrected chi connectivity index (χ1v) is 6.01. The highest BCUT2D eigenvalue weighted by molar-refractivity contribution is 5.30. The monoisotopic (exact) mass is 282 g/mol. The zero-order valence-electron chi connectivity index (χ0n) is 10.7. The molecule has 0 aliphatic heterocycles. The van der Waals surface area contributed by atoms with Gasteiger partial charge in [-0.15, -0.1) is 0 Å². The number of ether oxygens (including phenoxy) is 1. The van der Waals surface area contributed by atoms with Crippen LogP contribution in [0.4, 0.5) is 13.2 Å². The normalized spacial score (nSPS) is 12.2. The van der Waals surface area contributed by atoms with Crippen molar-refractivity contribution in [1.82, 2.24) is 0 Å². The average Bonchev–Trinajstić information content (AvgIpc) is 2.38. The zero-order valence-corrected chi connectivity index (χ0v) is 10.7. The molecule has 0 amide bonds. The molecule has 2 rings (SSSR count). The minimum atomic E-state index is -0.784. The predicted octanol–water partition coefficient (Wildman–Crippen LogP) is 3.74. The molecule has 0 radical (unpaired) electrons. The van der Waals surface area contributed by atoms with E-state index >= 15 is 0 Å². The van der Waals surface area contributed by atoms with Crippen LogP contribution in [-0.4, -0.2) is 5.11 Å². The summed E-state index contributed by atoms with van der Waals surface area (Å²) in [6.07, 6.45) is -0.784. The molecule has 20 heavy (non-hydrogen) atoms. The fraction of sp³-hybridized carbons (Fsp3) is 0.200. The molecule has 0 heterocycles. The van der Waals surface area contributed by atoms with E-state index in [9.17, 15) is 18.3 Å². The first kappa shape index (κ1) is 14.4. The van der Waals surface area contributed by atoms with Crippen LogP contribution in [-0.2, 0) is 6.61 Å². The molecule has 1 N–H and O–H groups in total. The van der Waals surface area contributed by atoms with Crippen molar-refractivity contribution in [2.24, 2.45) is 0 Å². The second-order valence-corrected chi connectivity index (χ2v) is 4.39. The van der Waals surface area contributed by atoms with E-state index in [1.807, 2.05) is 0 Å². The van der Waals surface area contributed by atoms with Crippen molar-refractivity contribution in [1.29, 1.82) is 0 Å². The Morgan fingerprint density at radius 3 is 2.40 bits per heavy atom. The zero-order chi connectivity index (χ0) is 14.7. The van der Waals surface area contributed by atoms with E-state index in [2.05, 4.69) is 0 Å². The number of hydrogen-bond donors (Lipinski definition) is 1. The Morgan fingerprint density at radius 2 is 1.80 bits per heavy atom. The number of halogens is 3. The SMILES string of the molecule is C[C@H](O)c1ccc(OCc2ccc(F)cc2F)c(F)c1. The molecular formula is C15H13F3O2. The van der Waals surface area contributed by atoms with Crippen molar-refractivity contribution in [3.8, 4) is 5.75 Å². The molecule has 2 aromatic rings. The second-order valence-electron chi connectivity index (χ2n) is 4.39. The first-order valence-electron chi connectivity index (χ1n) is 6.01. The number of rotatable bonds is 4. The topological polar surface area (TPSA) is 29.5 Å². The largest absolute Gasteiger partial charge is 0.486 e. The van der Waals surface area contributed by atoms with Crippen LogP contribution in [0.3, 0.4) is 0 Å². The van der Waals surface area contributed by atoms with Crippen molar-refractivity contribution in [2.75, 3.05) is 0 Å². The lowest BCUT2D eigenvalue weighted by Gasteiger charge is -2.10. The van der Waals surface area contributed by atoms with Gasteiger partial charge in [0.05, 0.1) is 6.10 Å². The van der Waals surface area contributed by atoms with Gasteiger partial charge in [0.15, 0.2) is 11.6 Å². The molecule has 0 bridgehead atoms. The second kappa shape index (κ2) is 5.96. The lowest BCUT2D eigenvalue weighted by Crippen LogP contribution is -2.01. The third-order valence-electron chi connectivity index (χ3n) is 2.84. The van der Waals surface area contributed by atoms with Gasteiger partial charge in [-0.1, -0.05) is 6.07 Å². The first-order chi connectivity index (χ1) is 9.47. The van der Waals surface area contributed by atoms with Crippen molar-refractivity contribution in [2.45, 2.75) is 19.6 Å². The van der Waals surface area contributed by atoms with Gasteiger partial charge in [-0.25, -0.2) is 13.2 Å². The smallest absolute Gasteiger partial charge is 0.165 e. The summed E-state index contributed by atoms with van der Waals surface area (Å²) in [5.41, 5.74) is 0.549. The average molecular weight is 282 g/mol. The molecule has 0 fully saturated rings. The van der Waals surface area contributed by atoms with Crippen LogP contribution in [0, 0.1) is 17.5 Å². The summed E-state index contributed by atoms with van der Waals surface area (Å²) in [6.45, 7) is 1.31. The number of benzene rings is 2. The van der Waals surface area contributed by atoms with Crippen molar-refractivity contribution >= 4 is 0 Å². The molecule has 0 saturated carbocycles. The third kappa shape index (κ3) is 3.30. The summed E-state index contributed by atoms with van der Waals surface area (Å²) in [4.78, 5) is 0. The molecule has 5 heteroatoms. The molecule has 0 aromatic heterocycles. The summed E-state index contributed by atoms with van der Waals surface area (Å²) >= 11 is 0. The number of aliphatic hydroxyl groups is 1. The molecule has 106 valence electrons. The van der Waals surface area contributed by atoms with Crippen molar-refractivity contribution in [3.63, 3.8) is 0 Å². The van der Waals surface area contributed by atoms with Crippen LogP contribution >= 0.6 is 0 Å². The van der Waals surface area contributed by atoms with Crippen LogP contribution in [0.15, 0.2) is 36.4 Å². The van der Waals surface area contributed by atoms with Crippen molar-refractivity contribution < 1.29 is 23.0 Å². The summed E-state index contributed by atoms with van der Waals surface area (Å²) < 4.78 is 45.0. The third-order valence-corrected chi connectivity index (χ3v) is 2.84. The predicted molar refractivity (Wildman–Crippen MR) is 67.7 cm³/mol. The van der Waals surface area contributed by atoms with Crippen molar-refractivity contribution in [3.05, 3.63) is 65.0 Å². The van der Waals surface area contributed by atoms with Crippen LogP contribution in [0.25, 0.3) is 0 Å². The maximum absolute atomic E-state index is 13.7. The van der Waals surface area contributed by atoms with Crippen LogP contribution in [0.1, 0.15) is 24.2 Å². The summed E-state index contributed by atoms with van der Waals surface area (Å²) in [5.74, 6) is -2.13. The van der Waals surface area contributed by atoms with E-state index in [0.717, 1.165) is 18.2 Å². The van der Waals surface area contributed by atoms with Gasteiger partial charge in [-0.3, -0.25) is 0 Å². The standard InChI is InChI=1S/C15H13F3O2/c1-9(19)10-3-5-15(14(18)6-10)20-8-11-2-4-12(16)7-13(11)17/h2-7,9,19H,8H2,1H3/t9-/m0/s1. The summed E-state index contributed by atoms with van der Waals surface area (Å²) in [5, 5.41) is 9.32. The maximum Gasteiger partial charge on any atom is 0.165 e. The maximum atomic E-state index is 13.7. The van der Waals surface area contributed by atoms with Gasteiger partial charge in [0.25, 0.3) is 0 Å². The molecule has 0 unspecified atom stereocenters. The van der Waals surface area contributed by atoms with E-state index in [4.69, 9.17) is 4.74 Å². The van der Waals surface area contributed by atoms with Gasteiger partial charge in [-0.05, 0) is 36.8 Å². The van der Waals surface area contributed by atoms with Crippen LogP contribution < -0.4 is 4.74 Å². The van der Waals surface area contributed by atoms with Gasteiger partial charge in [0.1, 0.15) is 18.2 Å². The molecule has 2 nitrogen and oxygen atoms in total. The minimum absolute atomic E-state index is 0.0573. The van der Waals surface area contributed by atoms with Gasteiger partial charge in [-0.2, -0.15) is 0 Å². The minimum Gasteiger partial charge on any atom is -0.486 e. The van der Waals surface area contributed by atoms with Crippen LogP contribution in [0.5, 0.6) is 5.75 Å². The Bertz CT molecular complexity index is 612. The fourth-order valence-electron chi connectivity index (χ4n) is 1.69. The van der Waals surface area contributed by atoms with Gasteiger partial charge in [0, 0.05) is 11.6 Å². The van der Waals surface area contributed by atoms with E-state index in [-0.39, 0.29) is 17.9 Å². The Morgan fingerprint density at radius 1 is 1.05 bits per heavy atom. The Hall–Kier alpha value is -2.01.